The number of fused-ring (bicyclic) bond motifs is 1. The third kappa shape index (κ3) is 11.9. The Balaban J connectivity index is 1.29. The van der Waals surface area contributed by atoms with Crippen LogP contribution in [0.4, 0.5) is 45.5 Å². The van der Waals surface area contributed by atoms with Gasteiger partial charge in [-0.2, -0.15) is 37.3 Å². The van der Waals surface area contributed by atoms with Crippen LogP contribution in [-0.4, -0.2) is 72.7 Å². The SMILES string of the molecule is COc1ccc(Nc2ccc3c(O)c(N=Nc4cc(C)c(N=Nc5cc(C)c(N=Nc6cc(C(=O)O)cc(C(=O)O)c6)cc5OCCCS(=O)(=O)O)cc4C)c(S(=O)(=O)O)cc3c2)cc1. The van der Waals surface area contributed by atoms with Crippen LogP contribution in [0.2, 0.25) is 0 Å². The van der Waals surface area contributed by atoms with Crippen LogP contribution in [0.25, 0.3) is 10.8 Å². The first-order chi connectivity index (χ1) is 30.7. The first kappa shape index (κ1) is 46.8. The first-order valence-electron chi connectivity index (χ1n) is 19.1. The molecule has 0 radical (unpaired) electrons. The predicted molar refractivity (Wildman–Crippen MR) is 238 cm³/mol. The average molecular weight is 926 g/mol. The van der Waals surface area contributed by atoms with Crippen LogP contribution in [0.3, 0.4) is 0 Å². The van der Waals surface area contributed by atoms with E-state index in [4.69, 9.17) is 9.47 Å². The van der Waals surface area contributed by atoms with Crippen molar-refractivity contribution < 1.29 is 60.3 Å². The van der Waals surface area contributed by atoms with Crippen LogP contribution >= 0.6 is 0 Å². The second-order valence-corrected chi connectivity index (χ2v) is 17.3. The Bertz CT molecular complexity index is 3140. The molecule has 0 heterocycles. The highest BCUT2D eigenvalue weighted by Crippen LogP contribution is 2.43. The zero-order chi connectivity index (χ0) is 47.2. The lowest BCUT2D eigenvalue weighted by Crippen LogP contribution is -2.08. The third-order valence-corrected chi connectivity index (χ3v) is 11.2. The van der Waals surface area contributed by atoms with Crippen molar-refractivity contribution in [3.8, 4) is 17.2 Å². The van der Waals surface area contributed by atoms with Gasteiger partial charge in [0.1, 0.15) is 27.8 Å². The quantitative estimate of drug-likeness (QED) is 0.0282. The Kier molecular flexibility index (Phi) is 14.0. The highest BCUT2D eigenvalue weighted by Gasteiger charge is 2.23. The number of ether oxygens (including phenoxy) is 2. The van der Waals surface area contributed by atoms with Crippen molar-refractivity contribution in [2.45, 2.75) is 32.1 Å². The zero-order valence-corrected chi connectivity index (χ0v) is 36.4. The van der Waals surface area contributed by atoms with Crippen LogP contribution < -0.4 is 14.8 Å². The minimum absolute atomic E-state index is 0.0591. The number of rotatable bonds is 17. The van der Waals surface area contributed by atoms with Gasteiger partial charge < -0.3 is 30.1 Å². The molecule has 0 amide bonds. The predicted octanol–water partition coefficient (Wildman–Crippen LogP) is 10.8. The van der Waals surface area contributed by atoms with Gasteiger partial charge in [-0.3, -0.25) is 9.11 Å². The largest absolute Gasteiger partial charge is 0.505 e. The van der Waals surface area contributed by atoms with Crippen LogP contribution in [0.5, 0.6) is 17.2 Å². The van der Waals surface area contributed by atoms with Gasteiger partial charge in [-0.1, -0.05) is 0 Å². The lowest BCUT2D eigenvalue weighted by molar-refractivity contribution is 0.0696. The molecule has 65 heavy (non-hydrogen) atoms. The Labute approximate surface area is 371 Å². The number of phenolic OH excluding ortho intramolecular Hbond substituents is 1. The number of hydrogen-bond acceptors (Lipinski definition) is 16. The number of aromatic hydroxyl groups is 1. The van der Waals surface area contributed by atoms with E-state index in [-0.39, 0.29) is 63.4 Å². The van der Waals surface area contributed by atoms with Gasteiger partial charge in [0.05, 0.1) is 53.3 Å². The van der Waals surface area contributed by atoms with Crippen LogP contribution in [0, 0.1) is 20.8 Å². The number of carboxylic acid groups (broad SMARTS) is 2. The Morgan fingerprint density at radius 2 is 1.18 bits per heavy atom. The second-order valence-electron chi connectivity index (χ2n) is 14.3. The van der Waals surface area contributed by atoms with Crippen molar-refractivity contribution in [1.82, 2.24) is 0 Å². The van der Waals surface area contributed by atoms with Crippen molar-refractivity contribution in [3.05, 3.63) is 119 Å². The number of azo groups is 3. The van der Waals surface area contributed by atoms with E-state index in [9.17, 15) is 50.8 Å². The average Bonchev–Trinajstić information content (AvgIpc) is 3.24. The van der Waals surface area contributed by atoms with Crippen molar-refractivity contribution in [2.75, 3.05) is 24.8 Å². The van der Waals surface area contributed by atoms with E-state index >= 15 is 0 Å². The number of nitrogens with one attached hydrogen (secondary N) is 1. The number of benzene rings is 6. The summed E-state index contributed by atoms with van der Waals surface area (Å²) in [4.78, 5) is 22.5. The number of anilines is 2. The van der Waals surface area contributed by atoms with Crippen molar-refractivity contribution >= 4 is 88.4 Å². The van der Waals surface area contributed by atoms with E-state index < -0.39 is 54.3 Å². The molecule has 336 valence electrons. The summed E-state index contributed by atoms with van der Waals surface area (Å²) in [5.41, 5.74) is 2.61. The molecule has 6 rings (SSSR count). The fraction of sp³-hybridized carbons (Fsp3) is 0.163. The standard InChI is InChI=1S/C43H39N7O13S2/c1-23-15-35(48-50-40-39(65(59,60)61)21-26-18-30(8-11-33(26)41(40)51)44-29-6-9-32(62-4)10-7-29)24(2)14-34(23)47-49-37-16-25(3)36(22-38(37)63-12-5-13-64(56,57)58)46-45-31-19-27(42(52)53)17-28(20-31)43(54)55/h6-11,14-22,44,51H,5,12-13H2,1-4H3,(H,52,53)(H,54,55)(H,56,57,58)(H,59,60,61). The van der Waals surface area contributed by atoms with Gasteiger partial charge in [0, 0.05) is 22.8 Å². The number of methoxy groups -OCH3 is 1. The van der Waals surface area contributed by atoms with Gasteiger partial charge in [0.15, 0.2) is 5.75 Å². The highest BCUT2D eigenvalue weighted by atomic mass is 32.2. The number of carboxylic acids is 2. The fourth-order valence-corrected chi connectivity index (χ4v) is 7.33. The van der Waals surface area contributed by atoms with E-state index in [0.29, 0.717) is 39.5 Å². The molecule has 0 bridgehead atoms. The maximum absolute atomic E-state index is 12.6. The summed E-state index contributed by atoms with van der Waals surface area (Å²) >= 11 is 0. The number of hydrogen-bond donors (Lipinski definition) is 6. The number of aryl methyl sites for hydroxylation is 3. The first-order valence-corrected chi connectivity index (χ1v) is 22.1. The molecule has 6 aromatic rings. The molecule has 0 atom stereocenters. The normalized spacial score (nSPS) is 12.1. The minimum atomic E-state index is -4.91. The summed E-state index contributed by atoms with van der Waals surface area (Å²) < 4.78 is 78.2. The highest BCUT2D eigenvalue weighted by molar-refractivity contribution is 7.86. The van der Waals surface area contributed by atoms with E-state index in [2.05, 4.69) is 36.0 Å². The molecule has 0 aliphatic carbocycles. The summed E-state index contributed by atoms with van der Waals surface area (Å²) in [7, 11) is -7.65. The summed E-state index contributed by atoms with van der Waals surface area (Å²) in [5, 5.41) is 59.1. The van der Waals surface area contributed by atoms with E-state index in [1.54, 1.807) is 82.5 Å². The van der Waals surface area contributed by atoms with Crippen molar-refractivity contribution in [2.24, 2.45) is 30.7 Å². The van der Waals surface area contributed by atoms with Crippen LogP contribution in [0.15, 0.2) is 127 Å². The number of aromatic carboxylic acids is 2. The molecule has 6 N–H and O–H groups in total. The van der Waals surface area contributed by atoms with Gasteiger partial charge in [0.25, 0.3) is 20.2 Å². The third-order valence-electron chi connectivity index (χ3n) is 9.51. The molecular weight excluding hydrogens is 887 g/mol. The number of nitrogens with zero attached hydrogens (tertiary/aromatic N) is 6. The fourth-order valence-electron chi connectivity index (χ4n) is 6.19. The van der Waals surface area contributed by atoms with E-state index in [0.717, 1.165) is 18.2 Å². The van der Waals surface area contributed by atoms with Crippen LogP contribution in [-0.2, 0) is 20.2 Å². The molecule has 0 fully saturated rings. The molecule has 0 aliphatic heterocycles. The second kappa shape index (κ2) is 19.4. The Morgan fingerprint density at radius 3 is 1.75 bits per heavy atom. The molecular formula is C43H39N7O13S2. The smallest absolute Gasteiger partial charge is 0.335 e. The number of carbonyl (C=O) groups is 2. The molecule has 0 aliphatic rings. The molecule has 20 nitrogen and oxygen atoms in total. The Hall–Kier alpha value is -7.66. The van der Waals surface area contributed by atoms with Gasteiger partial charge >= 0.3 is 11.9 Å². The molecule has 0 saturated carbocycles. The molecule has 0 saturated heterocycles. The summed E-state index contributed by atoms with van der Waals surface area (Å²) in [6, 6.07) is 22.5. The molecule has 22 heteroatoms. The summed E-state index contributed by atoms with van der Waals surface area (Å²) in [6.45, 7) is 4.84. The monoisotopic (exact) mass is 925 g/mol. The Morgan fingerprint density at radius 1 is 0.646 bits per heavy atom. The lowest BCUT2D eigenvalue weighted by Gasteiger charge is -2.12. The van der Waals surface area contributed by atoms with Gasteiger partial charge in [-0.15, -0.1) is 10.2 Å². The van der Waals surface area contributed by atoms with Crippen molar-refractivity contribution in [1.29, 1.82) is 0 Å². The molecule has 0 spiro atoms. The van der Waals surface area contributed by atoms with Crippen LogP contribution in [0.1, 0.15) is 43.8 Å². The summed E-state index contributed by atoms with van der Waals surface area (Å²) in [5.74, 6) is -3.13. The minimum Gasteiger partial charge on any atom is -0.505 e. The van der Waals surface area contributed by atoms with Gasteiger partial charge in [-0.25, -0.2) is 9.59 Å². The molecule has 6 aromatic carbocycles. The number of phenols is 1. The molecule has 0 unspecified atom stereocenters. The van der Waals surface area contributed by atoms with E-state index in [1.165, 1.54) is 18.2 Å². The molecule has 0 aromatic heterocycles. The van der Waals surface area contributed by atoms with Gasteiger partial charge in [0.2, 0.25) is 0 Å². The van der Waals surface area contributed by atoms with Gasteiger partial charge in [-0.05, 0) is 134 Å². The van der Waals surface area contributed by atoms with Crippen molar-refractivity contribution in [3.63, 3.8) is 0 Å². The lowest BCUT2D eigenvalue weighted by atomic mass is 10.1. The summed E-state index contributed by atoms with van der Waals surface area (Å²) in [6.07, 6.45) is -0.0963. The maximum atomic E-state index is 12.6. The van der Waals surface area contributed by atoms with E-state index in [1.807, 2.05) is 0 Å². The zero-order valence-electron chi connectivity index (χ0n) is 34.8. The topological polar surface area (TPSA) is 308 Å². The maximum Gasteiger partial charge on any atom is 0.335 e.